The van der Waals surface area contributed by atoms with Gasteiger partial charge in [-0.25, -0.2) is 0 Å². The summed E-state index contributed by atoms with van der Waals surface area (Å²) in [4.78, 5) is 11.5. The van der Waals surface area contributed by atoms with E-state index in [0.717, 1.165) is 25.2 Å². The second-order valence-corrected chi connectivity index (χ2v) is 5.41. The fourth-order valence-corrected chi connectivity index (χ4v) is 2.87. The van der Waals surface area contributed by atoms with E-state index in [-0.39, 0.29) is 0 Å². The predicted octanol–water partition coefficient (Wildman–Crippen LogP) is 2.32. The highest BCUT2D eigenvalue weighted by Crippen LogP contribution is 2.52. The molecule has 1 unspecified atom stereocenters. The molecule has 0 amide bonds. The summed E-state index contributed by atoms with van der Waals surface area (Å²) in [6, 6.07) is 5.94. The van der Waals surface area contributed by atoms with E-state index in [1.54, 1.807) is 7.11 Å². The summed E-state index contributed by atoms with van der Waals surface area (Å²) in [6.07, 6.45) is 2.40. The van der Waals surface area contributed by atoms with Gasteiger partial charge in [-0.3, -0.25) is 4.79 Å². The summed E-state index contributed by atoms with van der Waals surface area (Å²) in [5, 5.41) is 9.45. The van der Waals surface area contributed by atoms with Gasteiger partial charge in [-0.2, -0.15) is 0 Å². The van der Waals surface area contributed by atoms with E-state index in [1.807, 2.05) is 18.2 Å². The van der Waals surface area contributed by atoms with Crippen LogP contribution in [0.1, 0.15) is 36.3 Å². The standard InChI is InChI=1S/C15H18O4/c1-18-13-3-2-10(11-4-7-19-9-11)8-12(13)15(5-6-15)14(16)17/h2-3,8,11H,4-7,9H2,1H3,(H,16,17). The van der Waals surface area contributed by atoms with Crippen LogP contribution in [-0.2, 0) is 14.9 Å². The van der Waals surface area contributed by atoms with Crippen molar-refractivity contribution in [1.82, 2.24) is 0 Å². The number of hydrogen-bond donors (Lipinski definition) is 1. The lowest BCUT2D eigenvalue weighted by Crippen LogP contribution is -2.20. The highest BCUT2D eigenvalue weighted by molar-refractivity contribution is 5.86. The smallest absolute Gasteiger partial charge is 0.314 e. The number of benzene rings is 1. The van der Waals surface area contributed by atoms with Gasteiger partial charge in [-0.15, -0.1) is 0 Å². The van der Waals surface area contributed by atoms with Gasteiger partial charge in [0, 0.05) is 18.1 Å². The van der Waals surface area contributed by atoms with Crippen LogP contribution in [0, 0.1) is 0 Å². The molecule has 0 spiro atoms. The normalized spacial score (nSPS) is 24.2. The lowest BCUT2D eigenvalue weighted by Gasteiger charge is -2.18. The lowest BCUT2D eigenvalue weighted by atomic mass is 9.89. The summed E-state index contributed by atoms with van der Waals surface area (Å²) in [5.41, 5.74) is 1.27. The molecule has 0 aromatic heterocycles. The molecule has 1 saturated heterocycles. The maximum absolute atomic E-state index is 11.5. The minimum absolute atomic E-state index is 0.384. The van der Waals surface area contributed by atoms with Crippen molar-refractivity contribution in [1.29, 1.82) is 0 Å². The molecular weight excluding hydrogens is 244 g/mol. The van der Waals surface area contributed by atoms with Crippen LogP contribution in [0.5, 0.6) is 5.75 Å². The molecule has 1 atom stereocenters. The molecule has 2 fully saturated rings. The lowest BCUT2D eigenvalue weighted by molar-refractivity contribution is -0.140. The molecule has 1 aliphatic carbocycles. The van der Waals surface area contributed by atoms with Gasteiger partial charge >= 0.3 is 5.97 Å². The zero-order valence-electron chi connectivity index (χ0n) is 11.0. The number of carboxylic acid groups (broad SMARTS) is 1. The van der Waals surface area contributed by atoms with Crippen molar-refractivity contribution in [2.75, 3.05) is 20.3 Å². The van der Waals surface area contributed by atoms with Gasteiger partial charge in [0.25, 0.3) is 0 Å². The third-order valence-corrected chi connectivity index (χ3v) is 4.30. The van der Waals surface area contributed by atoms with Crippen molar-refractivity contribution in [3.8, 4) is 5.75 Å². The number of ether oxygens (including phenoxy) is 2. The minimum atomic E-state index is -0.745. The van der Waals surface area contributed by atoms with Gasteiger partial charge in [0.1, 0.15) is 5.75 Å². The third-order valence-electron chi connectivity index (χ3n) is 4.30. The summed E-state index contributed by atoms with van der Waals surface area (Å²) in [7, 11) is 1.59. The van der Waals surface area contributed by atoms with Crippen molar-refractivity contribution in [3.63, 3.8) is 0 Å². The predicted molar refractivity (Wildman–Crippen MR) is 69.7 cm³/mol. The van der Waals surface area contributed by atoms with E-state index in [4.69, 9.17) is 9.47 Å². The van der Waals surface area contributed by atoms with E-state index in [2.05, 4.69) is 0 Å². The number of rotatable bonds is 4. The first-order valence-electron chi connectivity index (χ1n) is 6.67. The summed E-state index contributed by atoms with van der Waals surface area (Å²) >= 11 is 0. The van der Waals surface area contributed by atoms with Crippen LogP contribution in [0.25, 0.3) is 0 Å². The van der Waals surface area contributed by atoms with Crippen LogP contribution in [0.15, 0.2) is 18.2 Å². The topological polar surface area (TPSA) is 55.8 Å². The Kier molecular flexibility index (Phi) is 2.97. The van der Waals surface area contributed by atoms with E-state index in [1.165, 1.54) is 5.56 Å². The Balaban J connectivity index is 2.01. The highest BCUT2D eigenvalue weighted by atomic mass is 16.5. The molecule has 1 heterocycles. The first-order chi connectivity index (χ1) is 9.17. The molecule has 0 radical (unpaired) electrons. The average Bonchev–Trinajstić information content (AvgIpc) is 3.06. The Morgan fingerprint density at radius 2 is 2.26 bits per heavy atom. The molecule has 1 saturated carbocycles. The van der Waals surface area contributed by atoms with Crippen LogP contribution < -0.4 is 4.74 Å². The van der Waals surface area contributed by atoms with Crippen LogP contribution in [-0.4, -0.2) is 31.4 Å². The van der Waals surface area contributed by atoms with E-state index in [0.29, 0.717) is 24.5 Å². The number of carboxylic acids is 1. The number of carbonyl (C=O) groups is 1. The van der Waals surface area contributed by atoms with Gasteiger partial charge in [-0.05, 0) is 30.9 Å². The van der Waals surface area contributed by atoms with Crippen molar-refractivity contribution < 1.29 is 19.4 Å². The SMILES string of the molecule is COc1ccc(C2CCOC2)cc1C1(C(=O)O)CC1. The Hall–Kier alpha value is -1.55. The summed E-state index contributed by atoms with van der Waals surface area (Å²) < 4.78 is 10.8. The Morgan fingerprint density at radius 1 is 1.47 bits per heavy atom. The zero-order valence-corrected chi connectivity index (χ0v) is 11.0. The van der Waals surface area contributed by atoms with Crippen LogP contribution >= 0.6 is 0 Å². The van der Waals surface area contributed by atoms with Crippen LogP contribution in [0.3, 0.4) is 0 Å². The molecule has 3 rings (SSSR count). The van der Waals surface area contributed by atoms with Gasteiger partial charge in [0.05, 0.1) is 19.1 Å². The number of hydrogen-bond acceptors (Lipinski definition) is 3. The minimum Gasteiger partial charge on any atom is -0.496 e. The Bertz CT molecular complexity index is 499. The molecule has 1 aromatic rings. The molecule has 1 aliphatic heterocycles. The zero-order chi connectivity index (χ0) is 13.5. The van der Waals surface area contributed by atoms with E-state index >= 15 is 0 Å². The Morgan fingerprint density at radius 3 is 2.79 bits per heavy atom. The molecule has 0 bridgehead atoms. The average molecular weight is 262 g/mol. The molecule has 4 heteroatoms. The fourth-order valence-electron chi connectivity index (χ4n) is 2.87. The van der Waals surface area contributed by atoms with Crippen LogP contribution in [0.2, 0.25) is 0 Å². The molecule has 1 N–H and O–H groups in total. The van der Waals surface area contributed by atoms with Crippen molar-refractivity contribution in [2.24, 2.45) is 0 Å². The Labute approximate surface area is 112 Å². The third kappa shape index (κ3) is 2.00. The van der Waals surface area contributed by atoms with Crippen molar-refractivity contribution in [3.05, 3.63) is 29.3 Å². The second-order valence-electron chi connectivity index (χ2n) is 5.41. The van der Waals surface area contributed by atoms with Crippen LogP contribution in [0.4, 0.5) is 0 Å². The molecule has 102 valence electrons. The molecular formula is C15H18O4. The quantitative estimate of drug-likeness (QED) is 0.904. The monoisotopic (exact) mass is 262 g/mol. The fraction of sp³-hybridized carbons (Fsp3) is 0.533. The second kappa shape index (κ2) is 4.53. The number of methoxy groups -OCH3 is 1. The van der Waals surface area contributed by atoms with Crippen molar-refractivity contribution >= 4 is 5.97 Å². The highest BCUT2D eigenvalue weighted by Gasteiger charge is 2.53. The molecule has 2 aliphatic rings. The maximum atomic E-state index is 11.5. The largest absolute Gasteiger partial charge is 0.496 e. The van der Waals surface area contributed by atoms with Gasteiger partial charge in [-0.1, -0.05) is 12.1 Å². The molecule has 19 heavy (non-hydrogen) atoms. The van der Waals surface area contributed by atoms with E-state index < -0.39 is 11.4 Å². The number of aliphatic carboxylic acids is 1. The van der Waals surface area contributed by atoms with Gasteiger partial charge in [0.2, 0.25) is 0 Å². The summed E-state index contributed by atoms with van der Waals surface area (Å²) in [6.45, 7) is 1.52. The van der Waals surface area contributed by atoms with Gasteiger partial charge < -0.3 is 14.6 Å². The first kappa shape index (κ1) is 12.5. The molecule has 1 aromatic carbocycles. The van der Waals surface area contributed by atoms with Crippen molar-refractivity contribution in [2.45, 2.75) is 30.6 Å². The maximum Gasteiger partial charge on any atom is 0.314 e. The van der Waals surface area contributed by atoms with Gasteiger partial charge in [0.15, 0.2) is 0 Å². The summed E-state index contributed by atoms with van der Waals surface area (Å²) in [5.74, 6) is 0.322. The van der Waals surface area contributed by atoms with E-state index in [9.17, 15) is 9.90 Å². The first-order valence-corrected chi connectivity index (χ1v) is 6.67. The molecule has 4 nitrogen and oxygen atoms in total.